The number of aromatic nitrogens is 2. The molecule has 0 saturated heterocycles. The van der Waals surface area contributed by atoms with Crippen LogP contribution in [0.1, 0.15) is 10.4 Å². The van der Waals surface area contributed by atoms with E-state index in [4.69, 9.17) is 4.74 Å². The second-order valence-electron chi connectivity index (χ2n) is 4.44. The van der Waals surface area contributed by atoms with Gasteiger partial charge in [0.2, 0.25) is 0 Å². The largest absolute Gasteiger partial charge is 0.465 e. The average molecular weight is 280 g/mol. The summed E-state index contributed by atoms with van der Waals surface area (Å²) < 4.78 is 5.95. The normalized spacial score (nSPS) is 10.5. The summed E-state index contributed by atoms with van der Waals surface area (Å²) in [6, 6.07) is 15.9. The van der Waals surface area contributed by atoms with Gasteiger partial charge in [-0.15, -0.1) is 0 Å². The Morgan fingerprint density at radius 3 is 2.43 bits per heavy atom. The number of para-hydroxylation sites is 1. The van der Waals surface area contributed by atoms with E-state index in [2.05, 4.69) is 5.10 Å². The topological polar surface area (TPSA) is 61.2 Å². The van der Waals surface area contributed by atoms with Crippen molar-refractivity contribution in [1.29, 1.82) is 0 Å². The van der Waals surface area contributed by atoms with E-state index in [1.54, 1.807) is 48.5 Å². The van der Waals surface area contributed by atoms with Crippen molar-refractivity contribution in [3.8, 4) is 5.69 Å². The number of carbonyl (C=O) groups is 1. The van der Waals surface area contributed by atoms with Crippen molar-refractivity contribution in [2.24, 2.45) is 0 Å². The summed E-state index contributed by atoms with van der Waals surface area (Å²) >= 11 is 0. The highest BCUT2D eigenvalue weighted by Gasteiger charge is 2.19. The first kappa shape index (κ1) is 13.1. The van der Waals surface area contributed by atoms with Crippen LogP contribution in [0.3, 0.4) is 0 Å². The fraction of sp³-hybridized carbons (Fsp3) is 0.0625. The van der Waals surface area contributed by atoms with Gasteiger partial charge in [-0.2, -0.15) is 9.78 Å². The van der Waals surface area contributed by atoms with Crippen LogP contribution >= 0.6 is 0 Å². The molecule has 5 heteroatoms. The molecule has 0 atom stereocenters. The molecule has 3 rings (SSSR count). The lowest BCUT2D eigenvalue weighted by atomic mass is 10.1. The molecule has 0 bridgehead atoms. The predicted octanol–water partition coefficient (Wildman–Crippen LogP) is 2.17. The molecular formula is C16H12N2O3. The third-order valence-electron chi connectivity index (χ3n) is 3.18. The van der Waals surface area contributed by atoms with Gasteiger partial charge in [0.05, 0.1) is 18.3 Å². The van der Waals surface area contributed by atoms with Gasteiger partial charge < -0.3 is 4.74 Å². The van der Waals surface area contributed by atoms with Gasteiger partial charge in [0.1, 0.15) is 5.56 Å². The Kier molecular flexibility index (Phi) is 3.23. The van der Waals surface area contributed by atoms with E-state index in [1.165, 1.54) is 11.8 Å². The standard InChI is InChI=1S/C16H12N2O3/c1-21-16(20)14-12-9-5-6-10-13(12)17-18(15(14)19)11-7-3-2-4-8-11/h2-10H,1H3. The number of ether oxygens (including phenoxy) is 1. The van der Waals surface area contributed by atoms with Crippen LogP contribution in [0, 0.1) is 0 Å². The molecule has 0 aliphatic heterocycles. The van der Waals surface area contributed by atoms with Gasteiger partial charge in [-0.1, -0.05) is 36.4 Å². The first-order valence-electron chi connectivity index (χ1n) is 6.38. The number of benzene rings is 2. The lowest BCUT2D eigenvalue weighted by Gasteiger charge is -2.09. The number of nitrogens with zero attached hydrogens (tertiary/aromatic N) is 2. The van der Waals surface area contributed by atoms with Gasteiger partial charge in [-0.3, -0.25) is 4.79 Å². The van der Waals surface area contributed by atoms with Crippen LogP contribution in [0.5, 0.6) is 0 Å². The van der Waals surface area contributed by atoms with Crippen LogP contribution < -0.4 is 5.56 Å². The number of fused-ring (bicyclic) bond motifs is 1. The molecule has 104 valence electrons. The first-order chi connectivity index (χ1) is 10.2. The Morgan fingerprint density at radius 1 is 1.05 bits per heavy atom. The molecule has 0 unspecified atom stereocenters. The molecule has 0 spiro atoms. The van der Waals surface area contributed by atoms with E-state index in [-0.39, 0.29) is 5.56 Å². The molecule has 0 aliphatic carbocycles. The molecule has 2 aromatic carbocycles. The van der Waals surface area contributed by atoms with Gasteiger partial charge in [0.15, 0.2) is 0 Å². The minimum absolute atomic E-state index is 0.00745. The molecule has 0 fully saturated rings. The van der Waals surface area contributed by atoms with Gasteiger partial charge in [-0.05, 0) is 18.2 Å². The second-order valence-corrected chi connectivity index (χ2v) is 4.44. The van der Waals surface area contributed by atoms with E-state index in [0.29, 0.717) is 16.6 Å². The molecular weight excluding hydrogens is 268 g/mol. The Morgan fingerprint density at radius 2 is 1.71 bits per heavy atom. The summed E-state index contributed by atoms with van der Waals surface area (Å²) in [6.45, 7) is 0. The van der Waals surface area contributed by atoms with Crippen LogP contribution in [0.25, 0.3) is 16.6 Å². The predicted molar refractivity (Wildman–Crippen MR) is 78.7 cm³/mol. The van der Waals surface area contributed by atoms with Crippen LogP contribution in [-0.4, -0.2) is 22.9 Å². The molecule has 0 N–H and O–H groups in total. The van der Waals surface area contributed by atoms with E-state index in [0.717, 1.165) is 0 Å². The zero-order valence-corrected chi connectivity index (χ0v) is 11.3. The van der Waals surface area contributed by atoms with Gasteiger partial charge in [0.25, 0.3) is 5.56 Å². The first-order valence-corrected chi connectivity index (χ1v) is 6.38. The molecule has 0 radical (unpaired) electrons. The van der Waals surface area contributed by atoms with Gasteiger partial charge in [-0.25, -0.2) is 4.79 Å². The lowest BCUT2D eigenvalue weighted by molar-refractivity contribution is 0.0600. The van der Waals surface area contributed by atoms with E-state index < -0.39 is 11.5 Å². The summed E-state index contributed by atoms with van der Waals surface area (Å²) in [5, 5.41) is 4.81. The van der Waals surface area contributed by atoms with Crippen molar-refractivity contribution in [3.05, 3.63) is 70.5 Å². The summed E-state index contributed by atoms with van der Waals surface area (Å²) in [5.74, 6) is -0.664. The monoisotopic (exact) mass is 280 g/mol. The Balaban J connectivity index is 2.41. The quantitative estimate of drug-likeness (QED) is 0.675. The maximum absolute atomic E-state index is 12.6. The fourth-order valence-corrected chi connectivity index (χ4v) is 2.19. The van der Waals surface area contributed by atoms with Crippen LogP contribution in [0.15, 0.2) is 59.4 Å². The Labute approximate surface area is 120 Å². The summed E-state index contributed by atoms with van der Waals surface area (Å²) in [7, 11) is 1.25. The fourth-order valence-electron chi connectivity index (χ4n) is 2.19. The number of esters is 1. The third kappa shape index (κ3) is 2.18. The zero-order valence-electron chi connectivity index (χ0n) is 11.3. The van der Waals surface area contributed by atoms with Crippen molar-refractivity contribution in [2.75, 3.05) is 7.11 Å². The Bertz CT molecular complexity index is 870. The summed E-state index contributed by atoms with van der Waals surface area (Å²) in [5.41, 5.74) is 0.651. The van der Waals surface area contributed by atoms with Crippen molar-refractivity contribution < 1.29 is 9.53 Å². The summed E-state index contributed by atoms with van der Waals surface area (Å²) in [4.78, 5) is 24.6. The molecule has 0 amide bonds. The molecule has 21 heavy (non-hydrogen) atoms. The highest BCUT2D eigenvalue weighted by atomic mass is 16.5. The van der Waals surface area contributed by atoms with Crippen molar-refractivity contribution >= 4 is 16.9 Å². The van der Waals surface area contributed by atoms with Crippen molar-refractivity contribution in [3.63, 3.8) is 0 Å². The number of hydrogen-bond acceptors (Lipinski definition) is 4. The zero-order chi connectivity index (χ0) is 14.8. The highest BCUT2D eigenvalue weighted by Crippen LogP contribution is 2.15. The number of methoxy groups -OCH3 is 1. The SMILES string of the molecule is COC(=O)c1c(=O)n(-c2ccccc2)nc2ccccc12. The van der Waals surface area contributed by atoms with E-state index >= 15 is 0 Å². The minimum Gasteiger partial charge on any atom is -0.465 e. The number of carbonyl (C=O) groups excluding carboxylic acids is 1. The smallest absolute Gasteiger partial charge is 0.344 e. The molecule has 0 saturated carbocycles. The van der Waals surface area contributed by atoms with Crippen molar-refractivity contribution in [1.82, 2.24) is 9.78 Å². The van der Waals surface area contributed by atoms with E-state index in [9.17, 15) is 9.59 Å². The maximum Gasteiger partial charge on any atom is 0.344 e. The van der Waals surface area contributed by atoms with Crippen LogP contribution in [0.4, 0.5) is 0 Å². The molecule has 5 nitrogen and oxygen atoms in total. The average Bonchev–Trinajstić information content (AvgIpc) is 2.54. The number of hydrogen-bond donors (Lipinski definition) is 0. The number of rotatable bonds is 2. The maximum atomic E-state index is 12.6. The Hall–Kier alpha value is -2.95. The lowest BCUT2D eigenvalue weighted by Crippen LogP contribution is -2.28. The molecule has 0 aliphatic rings. The minimum atomic E-state index is -0.664. The van der Waals surface area contributed by atoms with E-state index in [1.807, 2.05) is 6.07 Å². The van der Waals surface area contributed by atoms with Crippen LogP contribution in [0.2, 0.25) is 0 Å². The van der Waals surface area contributed by atoms with Crippen molar-refractivity contribution in [2.45, 2.75) is 0 Å². The molecule has 1 aromatic heterocycles. The van der Waals surface area contributed by atoms with Crippen LogP contribution in [-0.2, 0) is 4.74 Å². The highest BCUT2D eigenvalue weighted by molar-refractivity contribution is 6.02. The third-order valence-corrected chi connectivity index (χ3v) is 3.18. The second kappa shape index (κ2) is 5.20. The summed E-state index contributed by atoms with van der Waals surface area (Å²) in [6.07, 6.45) is 0. The van der Waals surface area contributed by atoms with Gasteiger partial charge >= 0.3 is 5.97 Å². The molecule has 1 heterocycles. The molecule has 3 aromatic rings. The van der Waals surface area contributed by atoms with Gasteiger partial charge in [0, 0.05) is 5.39 Å².